The van der Waals surface area contributed by atoms with Crippen LogP contribution in [0.4, 0.5) is 0 Å². The summed E-state index contributed by atoms with van der Waals surface area (Å²) in [6.07, 6.45) is 2.95. The van der Waals surface area contributed by atoms with Crippen molar-refractivity contribution in [1.29, 1.82) is 0 Å². The van der Waals surface area contributed by atoms with Gasteiger partial charge in [-0.25, -0.2) is 4.98 Å². The first-order valence-corrected chi connectivity index (χ1v) is 8.57. The Kier molecular flexibility index (Phi) is 6.33. The number of unbranched alkanes of at least 4 members (excludes halogenated alkanes) is 1. The maximum atomic E-state index is 11.8. The van der Waals surface area contributed by atoms with Gasteiger partial charge in [0.2, 0.25) is 11.8 Å². The fraction of sp³-hybridized carbons (Fsp3) is 0.471. The Bertz CT molecular complexity index is 696. The Morgan fingerprint density at radius 3 is 2.87 bits per heavy atom. The van der Waals surface area contributed by atoms with Gasteiger partial charge in [-0.05, 0) is 38.0 Å². The molecule has 1 aromatic carbocycles. The minimum atomic E-state index is -0.0242. The molecule has 23 heavy (non-hydrogen) atoms. The van der Waals surface area contributed by atoms with Crippen molar-refractivity contribution in [3.8, 4) is 0 Å². The molecule has 1 N–H and O–H groups in total. The van der Waals surface area contributed by atoms with Gasteiger partial charge in [0.1, 0.15) is 11.3 Å². The van der Waals surface area contributed by atoms with Gasteiger partial charge in [0.05, 0.1) is 6.54 Å². The molecule has 1 unspecified atom stereocenters. The molecule has 5 nitrogen and oxygen atoms in total. The van der Waals surface area contributed by atoms with Crippen molar-refractivity contribution < 1.29 is 14.0 Å². The highest BCUT2D eigenvalue weighted by Crippen LogP contribution is 2.20. The molecule has 0 aliphatic carbocycles. The third-order valence-electron chi connectivity index (χ3n) is 3.82. The number of nitrogens with zero attached hydrogens (tertiary/aromatic N) is 1. The molecule has 0 radical (unpaired) electrons. The number of carbonyl (C=O) groups excluding carboxylic acids is 2. The first-order chi connectivity index (χ1) is 11.0. The topological polar surface area (TPSA) is 72.2 Å². The molecule has 6 heteroatoms. The number of carbonyl (C=O) groups is 2. The van der Waals surface area contributed by atoms with Crippen LogP contribution in [0.25, 0.3) is 11.1 Å². The fourth-order valence-corrected chi connectivity index (χ4v) is 2.57. The van der Waals surface area contributed by atoms with Crippen LogP contribution in [-0.2, 0) is 16.1 Å². The molecular formula is C17H21BrN2O3. The molecule has 0 aliphatic rings. The van der Waals surface area contributed by atoms with E-state index < -0.39 is 0 Å². The minimum absolute atomic E-state index is 0.0242. The van der Waals surface area contributed by atoms with Crippen molar-refractivity contribution in [2.24, 2.45) is 5.92 Å². The van der Waals surface area contributed by atoms with Gasteiger partial charge in [-0.3, -0.25) is 9.59 Å². The van der Waals surface area contributed by atoms with Crippen LogP contribution in [0.2, 0.25) is 0 Å². The Hall–Kier alpha value is -1.69. The molecule has 1 atom stereocenters. The highest BCUT2D eigenvalue weighted by molar-refractivity contribution is 9.10. The van der Waals surface area contributed by atoms with Gasteiger partial charge >= 0.3 is 0 Å². The van der Waals surface area contributed by atoms with E-state index in [2.05, 4.69) is 26.2 Å². The van der Waals surface area contributed by atoms with E-state index in [0.717, 1.165) is 29.3 Å². The monoisotopic (exact) mass is 380 g/mol. The highest BCUT2D eigenvalue weighted by Gasteiger charge is 2.09. The number of hydrogen-bond acceptors (Lipinski definition) is 4. The Labute approximate surface area is 144 Å². The minimum Gasteiger partial charge on any atom is -0.439 e. The highest BCUT2D eigenvalue weighted by atomic mass is 79.9. The van der Waals surface area contributed by atoms with E-state index in [1.807, 2.05) is 25.1 Å². The number of benzene rings is 1. The number of nitrogens with one attached hydrogen (secondary N) is 1. The van der Waals surface area contributed by atoms with Crippen molar-refractivity contribution in [1.82, 2.24) is 10.3 Å². The molecule has 2 aromatic rings. The maximum Gasteiger partial charge on any atom is 0.220 e. The van der Waals surface area contributed by atoms with E-state index >= 15 is 0 Å². The normalized spacial score (nSPS) is 12.3. The third kappa shape index (κ3) is 5.46. The quantitative estimate of drug-likeness (QED) is 0.702. The molecule has 1 heterocycles. The molecule has 0 spiro atoms. The summed E-state index contributed by atoms with van der Waals surface area (Å²) in [6.45, 7) is 3.82. The number of halogens is 1. The van der Waals surface area contributed by atoms with Crippen molar-refractivity contribution in [3.63, 3.8) is 0 Å². The van der Waals surface area contributed by atoms with E-state index in [1.54, 1.807) is 6.92 Å². The summed E-state index contributed by atoms with van der Waals surface area (Å²) < 4.78 is 6.51. The third-order valence-corrected chi connectivity index (χ3v) is 4.31. The predicted molar refractivity (Wildman–Crippen MR) is 91.9 cm³/mol. The lowest BCUT2D eigenvalue weighted by atomic mass is 10.00. The number of aromatic nitrogens is 1. The first kappa shape index (κ1) is 17.7. The number of amides is 1. The number of oxazole rings is 1. The lowest BCUT2D eigenvalue weighted by Gasteiger charge is -2.06. The van der Waals surface area contributed by atoms with Crippen molar-refractivity contribution >= 4 is 38.7 Å². The molecule has 1 amide bonds. The smallest absolute Gasteiger partial charge is 0.220 e. The Balaban J connectivity index is 1.72. The Morgan fingerprint density at radius 2 is 2.13 bits per heavy atom. The molecule has 0 fully saturated rings. The largest absolute Gasteiger partial charge is 0.439 e. The summed E-state index contributed by atoms with van der Waals surface area (Å²) in [5.74, 6) is 0.759. The molecule has 2 rings (SSSR count). The Morgan fingerprint density at radius 1 is 1.35 bits per heavy atom. The second-order valence-corrected chi connectivity index (χ2v) is 6.67. The van der Waals surface area contributed by atoms with Crippen LogP contribution in [-0.4, -0.2) is 16.7 Å². The average Bonchev–Trinajstić information content (AvgIpc) is 2.91. The standard InChI is InChI=1S/C17H21BrN2O3/c1-11(12(2)21)5-3-4-6-16(22)19-10-17-20-14-9-13(18)7-8-15(14)23-17/h7-9,11H,3-6,10H2,1-2H3,(H,19,22). The van der Waals surface area contributed by atoms with Crippen LogP contribution in [0.1, 0.15) is 45.4 Å². The van der Waals surface area contributed by atoms with Gasteiger partial charge in [-0.1, -0.05) is 29.3 Å². The van der Waals surface area contributed by atoms with Gasteiger partial charge in [-0.2, -0.15) is 0 Å². The van der Waals surface area contributed by atoms with Crippen LogP contribution in [0.15, 0.2) is 27.1 Å². The zero-order valence-electron chi connectivity index (χ0n) is 13.4. The summed E-state index contributed by atoms with van der Waals surface area (Å²) in [7, 11) is 0. The van der Waals surface area contributed by atoms with Crippen LogP contribution in [0.3, 0.4) is 0 Å². The second-order valence-electron chi connectivity index (χ2n) is 5.75. The lowest BCUT2D eigenvalue weighted by Crippen LogP contribution is -2.22. The lowest BCUT2D eigenvalue weighted by molar-refractivity contribution is -0.121. The molecule has 0 bridgehead atoms. The zero-order valence-corrected chi connectivity index (χ0v) is 15.0. The number of rotatable bonds is 8. The van der Waals surface area contributed by atoms with E-state index in [-0.39, 0.29) is 24.2 Å². The van der Waals surface area contributed by atoms with Crippen molar-refractivity contribution in [2.75, 3.05) is 0 Å². The second kappa shape index (κ2) is 8.24. The van der Waals surface area contributed by atoms with E-state index in [4.69, 9.17) is 4.42 Å². The van der Waals surface area contributed by atoms with Crippen molar-refractivity contribution in [3.05, 3.63) is 28.6 Å². The van der Waals surface area contributed by atoms with Crippen molar-refractivity contribution in [2.45, 2.75) is 46.1 Å². The SMILES string of the molecule is CC(=O)C(C)CCCCC(=O)NCc1nc2cc(Br)ccc2o1. The molecule has 0 aliphatic heterocycles. The van der Waals surface area contributed by atoms with Crippen LogP contribution in [0, 0.1) is 5.92 Å². The summed E-state index contributed by atoms with van der Waals surface area (Å²) in [5, 5.41) is 2.81. The molecule has 124 valence electrons. The van der Waals surface area contributed by atoms with Crippen LogP contribution < -0.4 is 5.32 Å². The maximum absolute atomic E-state index is 11.8. The van der Waals surface area contributed by atoms with Crippen LogP contribution in [0.5, 0.6) is 0 Å². The molecule has 0 saturated carbocycles. The summed E-state index contributed by atoms with van der Waals surface area (Å²) in [4.78, 5) is 27.3. The molecular weight excluding hydrogens is 360 g/mol. The van der Waals surface area contributed by atoms with Gasteiger partial charge < -0.3 is 9.73 Å². The van der Waals surface area contributed by atoms with Gasteiger partial charge in [-0.15, -0.1) is 0 Å². The number of fused-ring (bicyclic) bond motifs is 1. The fourth-order valence-electron chi connectivity index (χ4n) is 2.23. The average molecular weight is 381 g/mol. The zero-order chi connectivity index (χ0) is 16.8. The first-order valence-electron chi connectivity index (χ1n) is 7.78. The van der Waals surface area contributed by atoms with Gasteiger partial charge in [0, 0.05) is 16.8 Å². The summed E-state index contributed by atoms with van der Waals surface area (Å²) in [6, 6.07) is 5.60. The van der Waals surface area contributed by atoms with Gasteiger partial charge in [0.15, 0.2) is 5.58 Å². The summed E-state index contributed by atoms with van der Waals surface area (Å²) >= 11 is 3.39. The van der Waals surface area contributed by atoms with Gasteiger partial charge in [0.25, 0.3) is 0 Å². The van der Waals surface area contributed by atoms with E-state index in [1.165, 1.54) is 0 Å². The summed E-state index contributed by atoms with van der Waals surface area (Å²) in [5.41, 5.74) is 1.47. The molecule has 0 saturated heterocycles. The number of Topliss-reactive ketones (excluding diaryl/α,β-unsaturated/α-hetero) is 1. The van der Waals surface area contributed by atoms with E-state index in [9.17, 15) is 9.59 Å². The predicted octanol–water partition coefficient (Wildman–Crippen LogP) is 3.99. The number of ketones is 1. The van der Waals surface area contributed by atoms with E-state index in [0.29, 0.717) is 17.9 Å². The molecule has 1 aromatic heterocycles. The van der Waals surface area contributed by atoms with Crippen LogP contribution >= 0.6 is 15.9 Å². The number of hydrogen-bond donors (Lipinski definition) is 1.